The summed E-state index contributed by atoms with van der Waals surface area (Å²) in [5.41, 5.74) is -0.529. The normalized spacial score (nSPS) is 10.5. The molecule has 0 aliphatic heterocycles. The third kappa shape index (κ3) is 3.55. The monoisotopic (exact) mass is 155 g/mol. The number of nitrogens with one attached hydrogen (secondary N) is 1. The minimum Gasteiger partial charge on any atom is -0.292 e. The first-order valence-electron chi connectivity index (χ1n) is 3.36. The summed E-state index contributed by atoms with van der Waals surface area (Å²) in [7, 11) is 0. The van der Waals surface area contributed by atoms with Gasteiger partial charge in [0.1, 0.15) is 0 Å². The Hall–Kier alpha value is -1.12. The van der Waals surface area contributed by atoms with Gasteiger partial charge in [0.25, 0.3) is 0 Å². The number of hydrogen-bond donors (Lipinski definition) is 1. The molecule has 3 nitrogen and oxygen atoms in total. The summed E-state index contributed by atoms with van der Waals surface area (Å²) in [6, 6.07) is 0. The molecule has 1 N–H and O–H groups in total. The van der Waals surface area contributed by atoms with E-state index in [9.17, 15) is 9.59 Å². The van der Waals surface area contributed by atoms with Gasteiger partial charge in [0, 0.05) is 5.41 Å². The fourth-order valence-corrected chi connectivity index (χ4v) is 0.350. The van der Waals surface area contributed by atoms with Gasteiger partial charge in [-0.2, -0.15) is 0 Å². The Morgan fingerprint density at radius 3 is 2.09 bits per heavy atom. The van der Waals surface area contributed by atoms with Crippen LogP contribution in [0.5, 0.6) is 0 Å². The van der Waals surface area contributed by atoms with Crippen molar-refractivity contribution in [2.24, 2.45) is 5.41 Å². The Balaban J connectivity index is 4.09. The molecule has 2 amide bonds. The number of amides is 2. The molecule has 11 heavy (non-hydrogen) atoms. The predicted octanol–water partition coefficient (Wildman–Crippen LogP) is 0.861. The van der Waals surface area contributed by atoms with Crippen molar-refractivity contribution in [3.05, 3.63) is 12.7 Å². The van der Waals surface area contributed by atoms with Crippen LogP contribution in [0.25, 0.3) is 0 Å². The minimum absolute atomic E-state index is 0.289. The Kier molecular flexibility index (Phi) is 2.99. The predicted molar refractivity (Wildman–Crippen MR) is 42.8 cm³/mol. The molecule has 0 radical (unpaired) electrons. The average Bonchev–Trinajstić information content (AvgIpc) is 1.85. The highest BCUT2D eigenvalue weighted by Gasteiger charge is 2.21. The molecule has 0 heterocycles. The largest absolute Gasteiger partial charge is 0.292 e. The van der Waals surface area contributed by atoms with Crippen molar-refractivity contribution in [3.8, 4) is 0 Å². The van der Waals surface area contributed by atoms with Gasteiger partial charge in [-0.3, -0.25) is 14.9 Å². The van der Waals surface area contributed by atoms with Gasteiger partial charge in [0.2, 0.25) is 11.8 Å². The zero-order chi connectivity index (χ0) is 9.07. The fourth-order valence-electron chi connectivity index (χ4n) is 0.350. The van der Waals surface area contributed by atoms with Crippen LogP contribution in [0.2, 0.25) is 0 Å². The topological polar surface area (TPSA) is 46.2 Å². The molecule has 62 valence electrons. The molecule has 0 aliphatic carbocycles. The second-order valence-corrected chi connectivity index (χ2v) is 3.27. The number of hydrogen-bond acceptors (Lipinski definition) is 2. The minimum atomic E-state index is -0.529. The Morgan fingerprint density at radius 1 is 1.36 bits per heavy atom. The Bertz CT molecular complexity index is 189. The van der Waals surface area contributed by atoms with E-state index in [2.05, 4.69) is 11.9 Å². The summed E-state index contributed by atoms with van der Waals surface area (Å²) in [5, 5.41) is 2.17. The van der Waals surface area contributed by atoms with Crippen molar-refractivity contribution < 1.29 is 9.59 Å². The lowest BCUT2D eigenvalue weighted by Crippen LogP contribution is -2.37. The van der Waals surface area contributed by atoms with E-state index in [1.165, 1.54) is 0 Å². The molecule has 0 fully saturated rings. The summed E-state index contributed by atoms with van der Waals surface area (Å²) in [6.45, 7) is 8.44. The molecular formula is C8H13NO2. The van der Waals surface area contributed by atoms with Crippen LogP contribution in [-0.2, 0) is 9.59 Å². The maximum Gasteiger partial charge on any atom is 0.249 e. The number of carbonyl (C=O) groups excluding carboxylic acids is 2. The van der Waals surface area contributed by atoms with Gasteiger partial charge in [-0.15, -0.1) is 0 Å². The van der Waals surface area contributed by atoms with Crippen LogP contribution < -0.4 is 5.32 Å². The van der Waals surface area contributed by atoms with Crippen molar-refractivity contribution >= 4 is 11.8 Å². The first kappa shape index (κ1) is 9.88. The molecule has 0 aromatic rings. The van der Waals surface area contributed by atoms with Crippen LogP contribution >= 0.6 is 0 Å². The lowest BCUT2D eigenvalue weighted by molar-refractivity contribution is -0.133. The van der Waals surface area contributed by atoms with Crippen molar-refractivity contribution in [3.63, 3.8) is 0 Å². The summed E-state index contributed by atoms with van der Waals surface area (Å²) < 4.78 is 0. The molecular weight excluding hydrogens is 142 g/mol. The summed E-state index contributed by atoms with van der Waals surface area (Å²) in [6.07, 6.45) is 1.07. The molecule has 0 spiro atoms. The molecule has 3 heteroatoms. The van der Waals surface area contributed by atoms with Gasteiger partial charge in [0.05, 0.1) is 0 Å². The lowest BCUT2D eigenvalue weighted by atomic mass is 9.96. The highest BCUT2D eigenvalue weighted by atomic mass is 16.2. The number of carbonyl (C=O) groups is 2. The van der Waals surface area contributed by atoms with Crippen molar-refractivity contribution in [1.82, 2.24) is 5.32 Å². The van der Waals surface area contributed by atoms with Gasteiger partial charge in [-0.05, 0) is 6.08 Å². The van der Waals surface area contributed by atoms with E-state index >= 15 is 0 Å². The number of imide groups is 1. The van der Waals surface area contributed by atoms with Crippen molar-refractivity contribution in [1.29, 1.82) is 0 Å². The zero-order valence-corrected chi connectivity index (χ0v) is 7.10. The van der Waals surface area contributed by atoms with Crippen LogP contribution in [0, 0.1) is 5.41 Å². The van der Waals surface area contributed by atoms with Crippen LogP contribution in [0.15, 0.2) is 12.7 Å². The van der Waals surface area contributed by atoms with Gasteiger partial charge in [-0.1, -0.05) is 27.4 Å². The summed E-state index contributed by atoms with van der Waals surface area (Å²) in [4.78, 5) is 21.7. The Morgan fingerprint density at radius 2 is 1.82 bits per heavy atom. The third-order valence-corrected chi connectivity index (χ3v) is 1.10. The smallest absolute Gasteiger partial charge is 0.249 e. The van der Waals surface area contributed by atoms with E-state index < -0.39 is 11.3 Å². The second-order valence-electron chi connectivity index (χ2n) is 3.27. The molecule has 0 saturated carbocycles. The standard InChI is InChI=1S/C8H13NO2/c1-5-6(10)9-7(11)8(2,3)4/h5H,1H2,2-4H3,(H,9,10,11). The quantitative estimate of drug-likeness (QED) is 0.571. The molecule has 0 rings (SSSR count). The molecule has 0 atom stereocenters. The van der Waals surface area contributed by atoms with Crippen LogP contribution in [0.4, 0.5) is 0 Å². The average molecular weight is 155 g/mol. The highest BCUT2D eigenvalue weighted by Crippen LogP contribution is 2.11. The van der Waals surface area contributed by atoms with Crippen molar-refractivity contribution in [2.75, 3.05) is 0 Å². The molecule has 0 aromatic carbocycles. The lowest BCUT2D eigenvalue weighted by Gasteiger charge is -2.15. The zero-order valence-electron chi connectivity index (χ0n) is 7.10. The van der Waals surface area contributed by atoms with E-state index in [1.807, 2.05) is 0 Å². The SMILES string of the molecule is C=CC(=O)NC(=O)C(C)(C)C. The first-order chi connectivity index (χ1) is 4.88. The number of rotatable bonds is 1. The summed E-state index contributed by atoms with van der Waals surface area (Å²) >= 11 is 0. The maximum absolute atomic E-state index is 11.1. The maximum atomic E-state index is 11.1. The molecule has 0 bridgehead atoms. The van der Waals surface area contributed by atoms with Gasteiger partial charge in [-0.25, -0.2) is 0 Å². The molecule has 0 aromatic heterocycles. The van der Waals surface area contributed by atoms with E-state index in [4.69, 9.17) is 0 Å². The molecule has 0 aliphatic rings. The van der Waals surface area contributed by atoms with Crippen LogP contribution in [-0.4, -0.2) is 11.8 Å². The van der Waals surface area contributed by atoms with Crippen LogP contribution in [0.1, 0.15) is 20.8 Å². The summed E-state index contributed by atoms with van der Waals surface area (Å²) in [5.74, 6) is -0.743. The third-order valence-electron chi connectivity index (χ3n) is 1.10. The van der Waals surface area contributed by atoms with Gasteiger partial charge < -0.3 is 0 Å². The van der Waals surface area contributed by atoms with Crippen LogP contribution in [0.3, 0.4) is 0 Å². The molecule has 0 saturated heterocycles. The van der Waals surface area contributed by atoms with E-state index in [1.54, 1.807) is 20.8 Å². The highest BCUT2D eigenvalue weighted by molar-refractivity contribution is 6.02. The fraction of sp³-hybridized carbons (Fsp3) is 0.500. The second kappa shape index (κ2) is 3.32. The van der Waals surface area contributed by atoms with E-state index in [0.717, 1.165) is 6.08 Å². The van der Waals surface area contributed by atoms with E-state index in [0.29, 0.717) is 0 Å². The van der Waals surface area contributed by atoms with Crippen molar-refractivity contribution in [2.45, 2.75) is 20.8 Å². The first-order valence-corrected chi connectivity index (χ1v) is 3.36. The van der Waals surface area contributed by atoms with E-state index in [-0.39, 0.29) is 5.91 Å². The van der Waals surface area contributed by atoms with Gasteiger partial charge in [0.15, 0.2) is 0 Å². The Labute approximate surface area is 66.5 Å². The van der Waals surface area contributed by atoms with Gasteiger partial charge >= 0.3 is 0 Å². The molecule has 0 unspecified atom stereocenters.